The number of ether oxygens (including phenoxy) is 1. The summed E-state index contributed by atoms with van der Waals surface area (Å²) >= 11 is 0. The number of carbonyl (C=O) groups excluding carboxylic acids is 1. The van der Waals surface area contributed by atoms with Gasteiger partial charge in [0.25, 0.3) is 0 Å². The van der Waals surface area contributed by atoms with E-state index in [0.717, 1.165) is 11.3 Å². The highest BCUT2D eigenvalue weighted by Crippen LogP contribution is 2.15. The van der Waals surface area contributed by atoms with E-state index in [1.807, 2.05) is 30.3 Å². The molecule has 3 aromatic rings. The zero-order valence-corrected chi connectivity index (χ0v) is 12.5. The summed E-state index contributed by atoms with van der Waals surface area (Å²) in [5.41, 5.74) is 1.72. The fourth-order valence-corrected chi connectivity index (χ4v) is 2.08. The second-order valence-corrected chi connectivity index (χ2v) is 4.97. The number of aromatic nitrogens is 2. The Morgan fingerprint density at radius 1 is 1.09 bits per heavy atom. The van der Waals surface area contributed by atoms with Crippen LogP contribution in [0.1, 0.15) is 21.7 Å². The molecule has 4 heteroatoms. The first-order chi connectivity index (χ1) is 11.3. The Labute approximate surface area is 134 Å². The van der Waals surface area contributed by atoms with Gasteiger partial charge in [-0.25, -0.2) is 4.98 Å². The standard InChI is InChI=1S/C19H16N2O2/c22-18(10-11-19-20-12-13-21-19)16-6-8-17(9-7-16)23-14-15-4-2-1-3-5-15/h1-13H,14H2,(H,20,21)/b11-10+. The maximum atomic E-state index is 12.1. The number of hydrogen-bond acceptors (Lipinski definition) is 3. The number of aromatic amines is 1. The Balaban J connectivity index is 1.59. The van der Waals surface area contributed by atoms with Crippen LogP contribution in [0.15, 0.2) is 73.1 Å². The van der Waals surface area contributed by atoms with Gasteiger partial charge in [0.15, 0.2) is 5.78 Å². The lowest BCUT2D eigenvalue weighted by molar-refractivity contribution is 0.104. The molecule has 0 bridgehead atoms. The van der Waals surface area contributed by atoms with E-state index >= 15 is 0 Å². The van der Waals surface area contributed by atoms with E-state index in [-0.39, 0.29) is 5.78 Å². The van der Waals surface area contributed by atoms with Gasteiger partial charge < -0.3 is 9.72 Å². The van der Waals surface area contributed by atoms with Crippen molar-refractivity contribution in [3.63, 3.8) is 0 Å². The molecule has 114 valence electrons. The number of ketones is 1. The van der Waals surface area contributed by atoms with Crippen LogP contribution in [0, 0.1) is 0 Å². The molecule has 0 aliphatic rings. The maximum Gasteiger partial charge on any atom is 0.185 e. The molecule has 0 spiro atoms. The van der Waals surface area contributed by atoms with Crippen LogP contribution in [0.3, 0.4) is 0 Å². The Morgan fingerprint density at radius 2 is 1.87 bits per heavy atom. The van der Waals surface area contributed by atoms with Crippen LogP contribution in [0.2, 0.25) is 0 Å². The van der Waals surface area contributed by atoms with Crippen molar-refractivity contribution in [3.8, 4) is 5.75 Å². The molecule has 3 rings (SSSR count). The highest BCUT2D eigenvalue weighted by Gasteiger charge is 2.03. The van der Waals surface area contributed by atoms with Crippen molar-refractivity contribution < 1.29 is 9.53 Å². The first-order valence-corrected chi connectivity index (χ1v) is 7.30. The lowest BCUT2D eigenvalue weighted by Gasteiger charge is -2.06. The zero-order valence-electron chi connectivity index (χ0n) is 12.5. The number of carbonyl (C=O) groups is 1. The lowest BCUT2D eigenvalue weighted by Crippen LogP contribution is -1.97. The van der Waals surface area contributed by atoms with Gasteiger partial charge in [0.2, 0.25) is 0 Å². The van der Waals surface area contributed by atoms with Crippen molar-refractivity contribution in [1.82, 2.24) is 9.97 Å². The highest BCUT2D eigenvalue weighted by molar-refractivity contribution is 6.06. The molecule has 0 amide bonds. The predicted molar refractivity (Wildman–Crippen MR) is 89.2 cm³/mol. The topological polar surface area (TPSA) is 55.0 Å². The van der Waals surface area contributed by atoms with Crippen LogP contribution in [0.4, 0.5) is 0 Å². The van der Waals surface area contributed by atoms with Gasteiger partial charge in [-0.2, -0.15) is 0 Å². The molecule has 1 N–H and O–H groups in total. The van der Waals surface area contributed by atoms with Crippen molar-refractivity contribution in [2.24, 2.45) is 0 Å². The van der Waals surface area contributed by atoms with Crippen LogP contribution in [-0.4, -0.2) is 15.8 Å². The van der Waals surface area contributed by atoms with Gasteiger partial charge >= 0.3 is 0 Å². The molecule has 0 saturated carbocycles. The van der Waals surface area contributed by atoms with Crippen molar-refractivity contribution in [2.75, 3.05) is 0 Å². The summed E-state index contributed by atoms with van der Waals surface area (Å²) in [5, 5.41) is 0. The van der Waals surface area contributed by atoms with Gasteiger partial charge in [0.1, 0.15) is 18.2 Å². The monoisotopic (exact) mass is 304 g/mol. The van der Waals surface area contributed by atoms with E-state index < -0.39 is 0 Å². The van der Waals surface area contributed by atoms with Gasteiger partial charge in [-0.1, -0.05) is 30.3 Å². The van der Waals surface area contributed by atoms with Crippen molar-refractivity contribution in [3.05, 3.63) is 90.0 Å². The van der Waals surface area contributed by atoms with Gasteiger partial charge in [-0.15, -0.1) is 0 Å². The maximum absolute atomic E-state index is 12.1. The summed E-state index contributed by atoms with van der Waals surface area (Å²) in [6.45, 7) is 0.506. The molecule has 0 unspecified atom stereocenters. The Kier molecular flexibility index (Phi) is 4.64. The molecule has 1 aromatic heterocycles. The predicted octanol–water partition coefficient (Wildman–Crippen LogP) is 3.88. The van der Waals surface area contributed by atoms with Crippen LogP contribution >= 0.6 is 0 Å². The second-order valence-electron chi connectivity index (χ2n) is 4.97. The number of nitrogens with one attached hydrogen (secondary N) is 1. The number of rotatable bonds is 6. The van der Waals surface area contributed by atoms with Crippen LogP contribution in [-0.2, 0) is 6.61 Å². The summed E-state index contributed by atoms with van der Waals surface area (Å²) in [5.74, 6) is 1.32. The lowest BCUT2D eigenvalue weighted by atomic mass is 10.1. The average Bonchev–Trinajstić information content (AvgIpc) is 3.13. The minimum absolute atomic E-state index is 0.0731. The Morgan fingerprint density at radius 3 is 2.57 bits per heavy atom. The molecule has 0 aliphatic heterocycles. The van der Waals surface area contributed by atoms with Crippen molar-refractivity contribution in [1.29, 1.82) is 0 Å². The van der Waals surface area contributed by atoms with Gasteiger partial charge in [0.05, 0.1) is 0 Å². The van der Waals surface area contributed by atoms with Gasteiger partial charge in [0, 0.05) is 18.0 Å². The van der Waals surface area contributed by atoms with Gasteiger partial charge in [-0.05, 0) is 42.0 Å². The Bertz CT molecular complexity index is 776. The SMILES string of the molecule is O=C(/C=C/c1ncc[nH]1)c1ccc(OCc2ccccc2)cc1. The van der Waals surface area contributed by atoms with Crippen molar-refractivity contribution in [2.45, 2.75) is 6.61 Å². The summed E-state index contributed by atoms with van der Waals surface area (Å²) in [7, 11) is 0. The summed E-state index contributed by atoms with van der Waals surface area (Å²) in [6, 6.07) is 17.1. The molecule has 2 aromatic carbocycles. The number of imidazole rings is 1. The summed E-state index contributed by atoms with van der Waals surface area (Å²) in [6.07, 6.45) is 6.51. The molecule has 0 atom stereocenters. The minimum Gasteiger partial charge on any atom is -0.489 e. The fourth-order valence-electron chi connectivity index (χ4n) is 2.08. The molecule has 0 radical (unpaired) electrons. The highest BCUT2D eigenvalue weighted by atomic mass is 16.5. The molecule has 0 saturated heterocycles. The molecular weight excluding hydrogens is 288 g/mol. The number of hydrogen-bond donors (Lipinski definition) is 1. The molecule has 0 fully saturated rings. The minimum atomic E-state index is -0.0731. The average molecular weight is 304 g/mol. The van der Waals surface area contributed by atoms with Crippen LogP contribution in [0.5, 0.6) is 5.75 Å². The van der Waals surface area contributed by atoms with E-state index in [4.69, 9.17) is 4.74 Å². The Hall–Kier alpha value is -3.14. The fraction of sp³-hybridized carbons (Fsp3) is 0.0526. The first-order valence-electron chi connectivity index (χ1n) is 7.30. The largest absolute Gasteiger partial charge is 0.489 e. The number of allylic oxidation sites excluding steroid dienone is 1. The number of benzene rings is 2. The van der Waals surface area contributed by atoms with E-state index in [1.165, 1.54) is 6.08 Å². The molecule has 0 aliphatic carbocycles. The second kappa shape index (κ2) is 7.22. The van der Waals surface area contributed by atoms with E-state index in [2.05, 4.69) is 9.97 Å². The quantitative estimate of drug-likeness (QED) is 0.555. The number of H-pyrrole nitrogens is 1. The molecule has 23 heavy (non-hydrogen) atoms. The zero-order chi connectivity index (χ0) is 15.9. The van der Waals surface area contributed by atoms with Crippen molar-refractivity contribution >= 4 is 11.9 Å². The first kappa shape index (κ1) is 14.8. The van der Waals surface area contributed by atoms with Gasteiger partial charge in [-0.3, -0.25) is 4.79 Å². The smallest absolute Gasteiger partial charge is 0.185 e. The summed E-state index contributed by atoms with van der Waals surface area (Å²) in [4.78, 5) is 19.0. The third-order valence-corrected chi connectivity index (χ3v) is 3.30. The molecular formula is C19H16N2O2. The van der Waals surface area contributed by atoms with Crippen LogP contribution in [0.25, 0.3) is 6.08 Å². The van der Waals surface area contributed by atoms with E-state index in [1.54, 1.807) is 42.7 Å². The molecule has 1 heterocycles. The third-order valence-electron chi connectivity index (χ3n) is 3.30. The molecule has 4 nitrogen and oxygen atoms in total. The number of nitrogens with zero attached hydrogens (tertiary/aromatic N) is 1. The van der Waals surface area contributed by atoms with E-state index in [9.17, 15) is 4.79 Å². The third kappa shape index (κ3) is 4.17. The summed E-state index contributed by atoms with van der Waals surface area (Å²) < 4.78 is 5.70. The normalized spacial score (nSPS) is 10.8. The van der Waals surface area contributed by atoms with E-state index in [0.29, 0.717) is 18.0 Å². The van der Waals surface area contributed by atoms with Crippen LogP contribution < -0.4 is 4.74 Å².